The van der Waals surface area contributed by atoms with Gasteiger partial charge in [-0.3, -0.25) is 0 Å². The summed E-state index contributed by atoms with van der Waals surface area (Å²) in [7, 11) is 3.13. The van der Waals surface area contributed by atoms with Crippen LogP contribution in [0.2, 0.25) is 5.02 Å². The van der Waals surface area contributed by atoms with Gasteiger partial charge < -0.3 is 15.2 Å². The van der Waals surface area contributed by atoms with E-state index in [4.69, 9.17) is 26.8 Å². The highest BCUT2D eigenvalue weighted by Gasteiger charge is 2.16. The number of nitrogens with two attached hydrogens (primary N) is 1. The minimum absolute atomic E-state index is 0.186. The number of methoxy groups -OCH3 is 2. The van der Waals surface area contributed by atoms with E-state index in [1.165, 1.54) is 0 Å². The van der Waals surface area contributed by atoms with Crippen molar-refractivity contribution in [1.82, 2.24) is 4.98 Å². The Morgan fingerprint density at radius 3 is 2.65 bits per heavy atom. The van der Waals surface area contributed by atoms with Crippen molar-refractivity contribution in [2.24, 2.45) is 5.73 Å². The second-order valence-corrected chi connectivity index (χ2v) is 5.88. The standard InChI is InChI=1S/C14H17ClN2O2S/c1-8-17-10(7-20-8)6-12(16)9-4-11(15)14(19-3)13(5-9)18-2/h4-5,7,12H,6,16H2,1-3H3. The van der Waals surface area contributed by atoms with Crippen molar-refractivity contribution in [3.8, 4) is 11.5 Å². The molecule has 0 aliphatic rings. The zero-order chi connectivity index (χ0) is 14.7. The summed E-state index contributed by atoms with van der Waals surface area (Å²) in [6.07, 6.45) is 0.663. The largest absolute Gasteiger partial charge is 0.493 e. The first-order valence-corrected chi connectivity index (χ1v) is 7.39. The molecule has 0 aliphatic carbocycles. The zero-order valence-corrected chi connectivity index (χ0v) is 13.2. The summed E-state index contributed by atoms with van der Waals surface area (Å²) in [6.45, 7) is 1.98. The average molecular weight is 313 g/mol. The fraction of sp³-hybridized carbons (Fsp3) is 0.357. The summed E-state index contributed by atoms with van der Waals surface area (Å²) >= 11 is 7.81. The van der Waals surface area contributed by atoms with Crippen LogP contribution in [0.15, 0.2) is 17.5 Å². The first kappa shape index (κ1) is 15.1. The molecule has 0 spiro atoms. The number of hydrogen-bond donors (Lipinski definition) is 1. The normalized spacial score (nSPS) is 12.2. The summed E-state index contributed by atoms with van der Waals surface area (Å²) in [4.78, 5) is 4.42. The summed E-state index contributed by atoms with van der Waals surface area (Å²) < 4.78 is 10.5. The molecule has 0 aliphatic heterocycles. The Balaban J connectivity index is 2.25. The molecule has 6 heteroatoms. The van der Waals surface area contributed by atoms with E-state index in [1.807, 2.05) is 24.4 Å². The van der Waals surface area contributed by atoms with E-state index in [2.05, 4.69) is 4.98 Å². The monoisotopic (exact) mass is 312 g/mol. The van der Waals surface area contributed by atoms with Gasteiger partial charge in [-0.25, -0.2) is 4.98 Å². The van der Waals surface area contributed by atoms with Gasteiger partial charge in [0.05, 0.1) is 29.9 Å². The summed E-state index contributed by atoms with van der Waals surface area (Å²) in [5.74, 6) is 1.11. The molecule has 108 valence electrons. The van der Waals surface area contributed by atoms with Crippen LogP contribution in [-0.4, -0.2) is 19.2 Å². The van der Waals surface area contributed by atoms with E-state index >= 15 is 0 Å². The van der Waals surface area contributed by atoms with E-state index < -0.39 is 0 Å². The molecule has 1 unspecified atom stereocenters. The minimum atomic E-state index is -0.186. The molecule has 1 heterocycles. The van der Waals surface area contributed by atoms with Crippen LogP contribution in [0, 0.1) is 6.92 Å². The number of ether oxygens (including phenoxy) is 2. The molecule has 1 aromatic carbocycles. The highest BCUT2D eigenvalue weighted by molar-refractivity contribution is 7.09. The third-order valence-corrected chi connectivity index (χ3v) is 4.08. The molecule has 0 amide bonds. The fourth-order valence-electron chi connectivity index (χ4n) is 2.00. The lowest BCUT2D eigenvalue weighted by atomic mass is 10.0. The van der Waals surface area contributed by atoms with E-state index in [0.29, 0.717) is 22.9 Å². The second kappa shape index (κ2) is 6.43. The lowest BCUT2D eigenvalue weighted by Gasteiger charge is -2.15. The Morgan fingerprint density at radius 2 is 2.10 bits per heavy atom. The summed E-state index contributed by atoms with van der Waals surface area (Å²) in [6, 6.07) is 3.48. The predicted octanol–water partition coefficient (Wildman–Crippen LogP) is 3.36. The van der Waals surface area contributed by atoms with Gasteiger partial charge in [-0.15, -0.1) is 11.3 Å². The number of rotatable bonds is 5. The van der Waals surface area contributed by atoms with Crippen LogP contribution in [0.1, 0.15) is 22.3 Å². The van der Waals surface area contributed by atoms with Gasteiger partial charge in [0.15, 0.2) is 11.5 Å². The van der Waals surface area contributed by atoms with Gasteiger partial charge in [0.1, 0.15) is 0 Å². The molecule has 2 N–H and O–H groups in total. The highest BCUT2D eigenvalue weighted by Crippen LogP contribution is 2.37. The smallest absolute Gasteiger partial charge is 0.179 e. The molecule has 0 saturated carbocycles. The zero-order valence-electron chi connectivity index (χ0n) is 11.6. The van der Waals surface area contributed by atoms with Crippen molar-refractivity contribution in [3.05, 3.63) is 38.8 Å². The van der Waals surface area contributed by atoms with Crippen LogP contribution in [0.25, 0.3) is 0 Å². The Kier molecular flexibility index (Phi) is 4.86. The molecular weight excluding hydrogens is 296 g/mol. The van der Waals surface area contributed by atoms with Crippen LogP contribution in [0.5, 0.6) is 11.5 Å². The number of halogens is 1. The van der Waals surface area contributed by atoms with E-state index in [1.54, 1.807) is 25.6 Å². The van der Waals surface area contributed by atoms with E-state index in [0.717, 1.165) is 16.3 Å². The summed E-state index contributed by atoms with van der Waals surface area (Å²) in [5, 5.41) is 3.56. The lowest BCUT2D eigenvalue weighted by Crippen LogP contribution is -2.14. The second-order valence-electron chi connectivity index (χ2n) is 4.41. The van der Waals surface area contributed by atoms with Crippen molar-refractivity contribution < 1.29 is 9.47 Å². The van der Waals surface area contributed by atoms with Crippen molar-refractivity contribution in [3.63, 3.8) is 0 Å². The number of thiazole rings is 1. The first-order chi connectivity index (χ1) is 9.55. The van der Waals surface area contributed by atoms with Crippen LogP contribution < -0.4 is 15.2 Å². The van der Waals surface area contributed by atoms with Gasteiger partial charge in [0.25, 0.3) is 0 Å². The van der Waals surface area contributed by atoms with Gasteiger partial charge in [-0.1, -0.05) is 11.6 Å². The Labute approximate surface area is 127 Å². The van der Waals surface area contributed by atoms with Gasteiger partial charge in [-0.2, -0.15) is 0 Å². The Morgan fingerprint density at radius 1 is 1.35 bits per heavy atom. The maximum Gasteiger partial charge on any atom is 0.179 e. The molecule has 0 bridgehead atoms. The van der Waals surface area contributed by atoms with Crippen LogP contribution in [-0.2, 0) is 6.42 Å². The van der Waals surface area contributed by atoms with Gasteiger partial charge >= 0.3 is 0 Å². The van der Waals surface area contributed by atoms with Crippen molar-refractivity contribution in [1.29, 1.82) is 0 Å². The third kappa shape index (κ3) is 3.23. The van der Waals surface area contributed by atoms with Gasteiger partial charge in [-0.05, 0) is 24.6 Å². The molecule has 20 heavy (non-hydrogen) atoms. The molecule has 0 fully saturated rings. The first-order valence-electron chi connectivity index (χ1n) is 6.13. The maximum atomic E-state index is 6.23. The fourth-order valence-corrected chi connectivity index (χ4v) is 2.92. The minimum Gasteiger partial charge on any atom is -0.493 e. The van der Waals surface area contributed by atoms with E-state index in [-0.39, 0.29) is 6.04 Å². The molecule has 1 aromatic heterocycles. The maximum absolute atomic E-state index is 6.23. The van der Waals surface area contributed by atoms with Crippen LogP contribution >= 0.6 is 22.9 Å². The van der Waals surface area contributed by atoms with Crippen molar-refractivity contribution in [2.45, 2.75) is 19.4 Å². The quantitative estimate of drug-likeness (QED) is 0.919. The van der Waals surface area contributed by atoms with Crippen molar-refractivity contribution in [2.75, 3.05) is 14.2 Å². The van der Waals surface area contributed by atoms with Crippen LogP contribution in [0.3, 0.4) is 0 Å². The number of nitrogens with zero attached hydrogens (tertiary/aromatic N) is 1. The SMILES string of the molecule is COc1cc(C(N)Cc2csc(C)n2)cc(Cl)c1OC. The van der Waals surface area contributed by atoms with E-state index in [9.17, 15) is 0 Å². The Bertz CT molecular complexity index is 601. The number of benzene rings is 1. The lowest BCUT2D eigenvalue weighted by molar-refractivity contribution is 0.354. The molecule has 0 saturated heterocycles. The molecular formula is C14H17ClN2O2S. The van der Waals surface area contributed by atoms with Gasteiger partial charge in [0.2, 0.25) is 0 Å². The number of aryl methyl sites for hydroxylation is 1. The predicted molar refractivity (Wildman–Crippen MR) is 82.0 cm³/mol. The van der Waals surface area contributed by atoms with Crippen LogP contribution in [0.4, 0.5) is 0 Å². The average Bonchev–Trinajstić information content (AvgIpc) is 2.82. The topological polar surface area (TPSA) is 57.4 Å². The van der Waals surface area contributed by atoms with Gasteiger partial charge in [0, 0.05) is 17.8 Å². The molecule has 1 atom stereocenters. The third-order valence-electron chi connectivity index (χ3n) is 2.98. The molecule has 4 nitrogen and oxygen atoms in total. The Hall–Kier alpha value is -1.30. The number of hydrogen-bond acceptors (Lipinski definition) is 5. The molecule has 2 rings (SSSR count). The summed E-state index contributed by atoms with van der Waals surface area (Å²) in [5.41, 5.74) is 8.12. The molecule has 2 aromatic rings. The highest BCUT2D eigenvalue weighted by atomic mass is 35.5. The molecule has 0 radical (unpaired) electrons. The number of aromatic nitrogens is 1. The van der Waals surface area contributed by atoms with Crippen molar-refractivity contribution >= 4 is 22.9 Å².